The van der Waals surface area contributed by atoms with Crippen LogP contribution in [0.25, 0.3) is 22.1 Å². The summed E-state index contributed by atoms with van der Waals surface area (Å²) < 4.78 is 12.6. The van der Waals surface area contributed by atoms with Crippen LogP contribution < -0.4 is 0 Å². The molecular weight excluding hydrogens is 456 g/mol. The van der Waals surface area contributed by atoms with Crippen molar-refractivity contribution < 1.29 is 18.9 Å². The highest BCUT2D eigenvalue weighted by Crippen LogP contribution is 2.39. The minimum atomic E-state index is -1.95. The van der Waals surface area contributed by atoms with E-state index in [0.29, 0.717) is 25.6 Å². The van der Waals surface area contributed by atoms with Gasteiger partial charge in [-0.05, 0) is 66.9 Å². The number of carbonyl (C=O) groups is 1. The molecule has 1 fully saturated rings. The standard InChI is InChI=1S/C28H38N2O4Si/c1-28(2,3)35(4,5)33-19-24-22(21-9-7-6-8-10-21)12-13-23-25(29-34-26(23)24)14-11-20-15-17-30(18-16-20)27(31)32/h6-10,12-13,20H,11,14-19H2,1-5H3,(H,31,32). The van der Waals surface area contributed by atoms with Gasteiger partial charge in [0, 0.05) is 24.0 Å². The number of carboxylic acid groups (broad SMARTS) is 1. The molecule has 6 nitrogen and oxygen atoms in total. The fourth-order valence-corrected chi connectivity index (χ4v) is 5.48. The van der Waals surface area contributed by atoms with Crippen molar-refractivity contribution in [2.24, 2.45) is 5.92 Å². The van der Waals surface area contributed by atoms with Crippen molar-refractivity contribution in [2.45, 2.75) is 71.2 Å². The third kappa shape index (κ3) is 5.62. The smallest absolute Gasteiger partial charge is 0.407 e. The van der Waals surface area contributed by atoms with Crippen molar-refractivity contribution in [2.75, 3.05) is 13.1 Å². The number of hydrogen-bond donors (Lipinski definition) is 1. The van der Waals surface area contributed by atoms with Crippen molar-refractivity contribution in [3.05, 3.63) is 53.7 Å². The molecule has 1 aliphatic heterocycles. The maximum atomic E-state index is 11.2. The van der Waals surface area contributed by atoms with E-state index in [4.69, 9.17) is 8.95 Å². The highest BCUT2D eigenvalue weighted by Gasteiger charge is 2.37. The molecule has 0 aliphatic carbocycles. The second-order valence-corrected chi connectivity index (χ2v) is 16.1. The van der Waals surface area contributed by atoms with Gasteiger partial charge in [-0.25, -0.2) is 4.79 Å². The lowest BCUT2D eigenvalue weighted by Gasteiger charge is -2.36. The van der Waals surface area contributed by atoms with Gasteiger partial charge in [-0.3, -0.25) is 0 Å². The average molecular weight is 495 g/mol. The van der Waals surface area contributed by atoms with Gasteiger partial charge < -0.3 is 19.0 Å². The molecule has 1 saturated heterocycles. The van der Waals surface area contributed by atoms with Crippen molar-refractivity contribution in [3.8, 4) is 11.1 Å². The van der Waals surface area contributed by atoms with E-state index in [1.165, 1.54) is 4.90 Å². The van der Waals surface area contributed by atoms with Crippen LogP contribution in [0.2, 0.25) is 18.1 Å². The third-order valence-electron chi connectivity index (χ3n) is 7.96. The number of hydrogen-bond acceptors (Lipinski definition) is 4. The van der Waals surface area contributed by atoms with Crippen molar-refractivity contribution >= 4 is 25.4 Å². The topological polar surface area (TPSA) is 75.8 Å². The molecule has 188 valence electrons. The molecule has 1 N–H and O–H groups in total. The van der Waals surface area contributed by atoms with Gasteiger partial charge in [0.15, 0.2) is 13.9 Å². The van der Waals surface area contributed by atoms with Crippen LogP contribution >= 0.6 is 0 Å². The number of amides is 1. The second-order valence-electron chi connectivity index (χ2n) is 11.3. The number of rotatable bonds is 7. The Balaban J connectivity index is 1.59. The molecule has 1 amide bonds. The summed E-state index contributed by atoms with van der Waals surface area (Å²) >= 11 is 0. The first kappa shape index (κ1) is 25.4. The fourth-order valence-electron chi connectivity index (χ4n) is 4.54. The molecule has 35 heavy (non-hydrogen) atoms. The van der Waals surface area contributed by atoms with Crippen LogP contribution in [0, 0.1) is 5.92 Å². The van der Waals surface area contributed by atoms with E-state index in [-0.39, 0.29) is 5.04 Å². The van der Waals surface area contributed by atoms with Gasteiger partial charge in [0.25, 0.3) is 0 Å². The Hall–Kier alpha value is -2.64. The molecular formula is C28H38N2O4Si. The molecule has 1 aromatic heterocycles. The Morgan fingerprint density at radius 3 is 2.46 bits per heavy atom. The monoisotopic (exact) mass is 494 g/mol. The average Bonchev–Trinajstić information content (AvgIpc) is 3.24. The van der Waals surface area contributed by atoms with Crippen LogP contribution in [0.4, 0.5) is 4.79 Å². The van der Waals surface area contributed by atoms with Gasteiger partial charge in [0.05, 0.1) is 12.3 Å². The lowest BCUT2D eigenvalue weighted by Crippen LogP contribution is -2.40. The summed E-state index contributed by atoms with van der Waals surface area (Å²) in [4.78, 5) is 12.7. The molecule has 0 spiro atoms. The van der Waals surface area contributed by atoms with Crippen LogP contribution in [-0.2, 0) is 17.5 Å². The number of benzene rings is 2. The first-order valence-corrected chi connectivity index (χ1v) is 15.5. The number of fused-ring (bicyclic) bond motifs is 1. The molecule has 0 radical (unpaired) electrons. The summed E-state index contributed by atoms with van der Waals surface area (Å²) in [6, 6.07) is 14.7. The molecule has 7 heteroatoms. The minimum Gasteiger partial charge on any atom is -0.465 e. The van der Waals surface area contributed by atoms with E-state index in [1.807, 2.05) is 6.07 Å². The van der Waals surface area contributed by atoms with Crippen LogP contribution in [0.1, 0.15) is 51.3 Å². The predicted octanol–water partition coefficient (Wildman–Crippen LogP) is 7.34. The van der Waals surface area contributed by atoms with Gasteiger partial charge in [-0.1, -0.05) is 62.3 Å². The molecule has 0 atom stereocenters. The van der Waals surface area contributed by atoms with Crippen molar-refractivity contribution in [3.63, 3.8) is 0 Å². The number of aryl methyl sites for hydroxylation is 1. The van der Waals surface area contributed by atoms with Gasteiger partial charge in [-0.15, -0.1) is 0 Å². The maximum absolute atomic E-state index is 11.2. The number of nitrogens with zero attached hydrogens (tertiary/aromatic N) is 2. The van der Waals surface area contributed by atoms with Gasteiger partial charge >= 0.3 is 6.09 Å². The lowest BCUT2D eigenvalue weighted by molar-refractivity contribution is 0.123. The highest BCUT2D eigenvalue weighted by molar-refractivity contribution is 6.74. The Bertz CT molecular complexity index is 1160. The van der Waals surface area contributed by atoms with E-state index >= 15 is 0 Å². The fraction of sp³-hybridized carbons (Fsp3) is 0.500. The molecule has 2 heterocycles. The van der Waals surface area contributed by atoms with E-state index in [9.17, 15) is 9.90 Å². The van der Waals surface area contributed by atoms with E-state index in [0.717, 1.165) is 59.0 Å². The summed E-state index contributed by atoms with van der Waals surface area (Å²) in [5.74, 6) is 0.516. The molecule has 0 bridgehead atoms. The first-order valence-electron chi connectivity index (χ1n) is 12.6. The Kier molecular flexibility index (Phi) is 7.38. The zero-order valence-electron chi connectivity index (χ0n) is 21.6. The summed E-state index contributed by atoms with van der Waals surface area (Å²) in [6.07, 6.45) is 2.83. The molecule has 0 unspecified atom stereocenters. The normalized spacial score (nSPS) is 15.6. The van der Waals surface area contributed by atoms with Gasteiger partial charge in [-0.2, -0.15) is 0 Å². The second kappa shape index (κ2) is 10.2. The summed E-state index contributed by atoms with van der Waals surface area (Å²) in [7, 11) is -1.95. The Morgan fingerprint density at radius 1 is 1.14 bits per heavy atom. The Morgan fingerprint density at radius 2 is 1.83 bits per heavy atom. The van der Waals surface area contributed by atoms with Crippen LogP contribution in [0.15, 0.2) is 47.0 Å². The molecule has 2 aromatic carbocycles. The van der Waals surface area contributed by atoms with Crippen LogP contribution in [0.5, 0.6) is 0 Å². The zero-order valence-corrected chi connectivity index (χ0v) is 22.6. The van der Waals surface area contributed by atoms with E-state index < -0.39 is 14.4 Å². The molecule has 4 rings (SSSR count). The summed E-state index contributed by atoms with van der Waals surface area (Å²) in [5, 5.41) is 14.9. The zero-order chi connectivity index (χ0) is 25.2. The van der Waals surface area contributed by atoms with Gasteiger partial charge in [0.2, 0.25) is 0 Å². The first-order chi connectivity index (χ1) is 16.6. The number of likely N-dealkylation sites (tertiary alicyclic amines) is 1. The number of piperidine rings is 1. The maximum Gasteiger partial charge on any atom is 0.407 e. The highest BCUT2D eigenvalue weighted by atomic mass is 28.4. The lowest BCUT2D eigenvalue weighted by atomic mass is 9.91. The van der Waals surface area contributed by atoms with Crippen LogP contribution in [-0.4, -0.2) is 42.7 Å². The van der Waals surface area contributed by atoms with Gasteiger partial charge in [0.1, 0.15) is 0 Å². The number of aromatic nitrogens is 1. The van der Waals surface area contributed by atoms with Crippen molar-refractivity contribution in [1.29, 1.82) is 0 Å². The van der Waals surface area contributed by atoms with E-state index in [1.54, 1.807) is 0 Å². The van der Waals surface area contributed by atoms with Crippen molar-refractivity contribution in [1.82, 2.24) is 10.1 Å². The predicted molar refractivity (Wildman–Crippen MR) is 142 cm³/mol. The van der Waals surface area contributed by atoms with Crippen LogP contribution in [0.3, 0.4) is 0 Å². The minimum absolute atomic E-state index is 0.122. The molecule has 1 aliphatic rings. The van der Waals surface area contributed by atoms with E-state index in [2.05, 4.69) is 75.4 Å². The molecule has 0 saturated carbocycles. The SMILES string of the molecule is CC(C)(C)[Si](C)(C)OCc1c(-c2ccccc2)ccc2c(CCC3CCN(C(=O)O)CC3)noc12. The summed E-state index contributed by atoms with van der Waals surface area (Å²) in [6.45, 7) is 13.1. The summed E-state index contributed by atoms with van der Waals surface area (Å²) in [5.41, 5.74) is 5.13. The quantitative estimate of drug-likeness (QED) is 0.348. The Labute approximate surface area is 209 Å². The largest absolute Gasteiger partial charge is 0.465 e. The third-order valence-corrected chi connectivity index (χ3v) is 12.4. The molecule has 3 aromatic rings.